The molecule has 170 valence electrons. The molecule has 0 radical (unpaired) electrons. The van der Waals surface area contributed by atoms with Crippen molar-refractivity contribution in [3.05, 3.63) is 69.2 Å². The topological polar surface area (TPSA) is 89.6 Å². The van der Waals surface area contributed by atoms with Crippen molar-refractivity contribution >= 4 is 39.9 Å². The summed E-state index contributed by atoms with van der Waals surface area (Å²) in [5.41, 5.74) is 2.35. The number of ether oxygens (including phenoxy) is 2. The maximum atomic E-state index is 12.9. The molecule has 0 unspecified atom stereocenters. The second-order valence-electron chi connectivity index (χ2n) is 7.96. The Morgan fingerprint density at radius 2 is 1.94 bits per heavy atom. The fourth-order valence-corrected chi connectivity index (χ4v) is 5.22. The van der Waals surface area contributed by atoms with Gasteiger partial charge in [-0.15, -0.1) is 11.3 Å². The molecule has 3 aromatic rings. The maximum Gasteiger partial charge on any atom is 0.257 e. The Morgan fingerprint density at radius 1 is 1.12 bits per heavy atom. The van der Waals surface area contributed by atoms with Gasteiger partial charge in [0.2, 0.25) is 12.7 Å². The molecule has 0 saturated heterocycles. The van der Waals surface area contributed by atoms with Gasteiger partial charge in [-0.1, -0.05) is 23.7 Å². The van der Waals surface area contributed by atoms with Gasteiger partial charge in [0.25, 0.3) is 5.91 Å². The average molecular weight is 484 g/mol. The average Bonchev–Trinajstić information content (AvgIpc) is 3.45. The molecule has 5 rings (SSSR count). The number of aryl methyl sites for hydroxylation is 1. The SMILES string of the molecule is O=C(Nc1nc2c(s1)CCC[C@H]2C(=O)NCCc1ccc(Cl)cc1)c1ccc2c(c1)OCO2. The van der Waals surface area contributed by atoms with Crippen molar-refractivity contribution in [2.45, 2.75) is 31.6 Å². The van der Waals surface area contributed by atoms with Gasteiger partial charge in [0.15, 0.2) is 16.6 Å². The molecule has 1 aromatic heterocycles. The highest BCUT2D eigenvalue weighted by Crippen LogP contribution is 2.37. The Kier molecular flexibility index (Phi) is 6.20. The van der Waals surface area contributed by atoms with E-state index in [4.69, 9.17) is 21.1 Å². The molecule has 0 spiro atoms. The number of nitrogens with zero attached hydrogens (tertiary/aromatic N) is 1. The second-order valence-corrected chi connectivity index (χ2v) is 9.48. The van der Waals surface area contributed by atoms with Crippen LogP contribution in [0, 0.1) is 0 Å². The van der Waals surface area contributed by atoms with E-state index in [-0.39, 0.29) is 24.5 Å². The maximum absolute atomic E-state index is 12.9. The van der Waals surface area contributed by atoms with E-state index in [2.05, 4.69) is 15.6 Å². The first kappa shape index (κ1) is 21.7. The molecule has 2 heterocycles. The van der Waals surface area contributed by atoms with Crippen molar-refractivity contribution in [3.8, 4) is 11.5 Å². The number of thiazole rings is 1. The lowest BCUT2D eigenvalue weighted by Crippen LogP contribution is -2.32. The van der Waals surface area contributed by atoms with Crippen LogP contribution in [0.2, 0.25) is 5.02 Å². The van der Waals surface area contributed by atoms with Crippen molar-refractivity contribution < 1.29 is 19.1 Å². The third kappa shape index (κ3) is 4.82. The quantitative estimate of drug-likeness (QED) is 0.536. The van der Waals surface area contributed by atoms with Crippen LogP contribution in [0.3, 0.4) is 0 Å². The van der Waals surface area contributed by atoms with E-state index in [1.807, 2.05) is 24.3 Å². The minimum atomic E-state index is -0.300. The summed E-state index contributed by atoms with van der Waals surface area (Å²) in [4.78, 5) is 31.3. The van der Waals surface area contributed by atoms with E-state index in [0.29, 0.717) is 33.8 Å². The molecule has 1 aliphatic carbocycles. The van der Waals surface area contributed by atoms with E-state index in [1.165, 1.54) is 11.3 Å². The van der Waals surface area contributed by atoms with Crippen LogP contribution in [0.4, 0.5) is 5.13 Å². The van der Waals surface area contributed by atoms with E-state index < -0.39 is 0 Å². The summed E-state index contributed by atoms with van der Waals surface area (Å²) < 4.78 is 10.6. The van der Waals surface area contributed by atoms with Crippen LogP contribution in [0.25, 0.3) is 0 Å². The van der Waals surface area contributed by atoms with E-state index in [1.54, 1.807) is 18.2 Å². The monoisotopic (exact) mass is 483 g/mol. The minimum Gasteiger partial charge on any atom is -0.454 e. The highest BCUT2D eigenvalue weighted by atomic mass is 35.5. The van der Waals surface area contributed by atoms with Gasteiger partial charge in [-0.3, -0.25) is 14.9 Å². The molecule has 2 amide bonds. The molecule has 0 saturated carbocycles. The molecule has 1 aliphatic heterocycles. The number of rotatable bonds is 6. The molecular weight excluding hydrogens is 462 g/mol. The van der Waals surface area contributed by atoms with Gasteiger partial charge in [0, 0.05) is 22.0 Å². The molecule has 2 N–H and O–H groups in total. The Hall–Kier alpha value is -3.10. The Bertz CT molecular complexity index is 1190. The van der Waals surface area contributed by atoms with Crippen LogP contribution >= 0.6 is 22.9 Å². The molecular formula is C24H22ClN3O4S. The summed E-state index contributed by atoms with van der Waals surface area (Å²) in [5.74, 6) is 0.580. The first-order chi connectivity index (χ1) is 16.1. The van der Waals surface area contributed by atoms with Crippen LogP contribution < -0.4 is 20.1 Å². The highest BCUT2D eigenvalue weighted by Gasteiger charge is 2.30. The van der Waals surface area contributed by atoms with Crippen molar-refractivity contribution in [1.29, 1.82) is 0 Å². The van der Waals surface area contributed by atoms with Crippen LogP contribution in [0.15, 0.2) is 42.5 Å². The standard InChI is InChI=1S/C24H22ClN3O4S/c25-16-7-4-14(5-8-16)10-11-26-23(30)17-2-1-3-20-21(17)27-24(33-20)28-22(29)15-6-9-18-19(12-15)32-13-31-18/h4-9,12,17H,1-3,10-11,13H2,(H,26,30)(H,27,28,29)/t17-/m1/s1. The smallest absolute Gasteiger partial charge is 0.257 e. The van der Waals surface area contributed by atoms with Gasteiger partial charge in [0.1, 0.15) is 0 Å². The summed E-state index contributed by atoms with van der Waals surface area (Å²) in [6, 6.07) is 12.7. The molecule has 2 aromatic carbocycles. The van der Waals surface area contributed by atoms with E-state index >= 15 is 0 Å². The minimum absolute atomic E-state index is 0.0242. The van der Waals surface area contributed by atoms with Crippen molar-refractivity contribution in [2.75, 3.05) is 18.7 Å². The zero-order valence-electron chi connectivity index (χ0n) is 17.7. The molecule has 1 atom stereocenters. The lowest BCUT2D eigenvalue weighted by Gasteiger charge is -2.20. The Labute approximate surface area is 200 Å². The number of aromatic nitrogens is 1. The summed E-state index contributed by atoms with van der Waals surface area (Å²) in [7, 11) is 0. The van der Waals surface area contributed by atoms with E-state index in [9.17, 15) is 9.59 Å². The summed E-state index contributed by atoms with van der Waals surface area (Å²) in [5, 5.41) is 7.10. The van der Waals surface area contributed by atoms with Gasteiger partial charge >= 0.3 is 0 Å². The molecule has 9 heteroatoms. The predicted octanol–water partition coefficient (Wildman–Crippen LogP) is 4.56. The fraction of sp³-hybridized carbons (Fsp3) is 0.292. The van der Waals surface area contributed by atoms with Gasteiger partial charge in [-0.05, 0) is 61.6 Å². The van der Waals surface area contributed by atoms with E-state index in [0.717, 1.165) is 41.8 Å². The van der Waals surface area contributed by atoms with Crippen molar-refractivity contribution in [2.24, 2.45) is 0 Å². The number of hydrogen-bond donors (Lipinski definition) is 2. The number of nitrogens with one attached hydrogen (secondary N) is 2. The zero-order chi connectivity index (χ0) is 22.8. The number of amides is 2. The highest BCUT2D eigenvalue weighted by molar-refractivity contribution is 7.16. The number of carbonyl (C=O) groups is 2. The van der Waals surface area contributed by atoms with Gasteiger partial charge in [-0.25, -0.2) is 4.98 Å². The summed E-state index contributed by atoms with van der Waals surface area (Å²) >= 11 is 7.36. The normalized spacial score (nSPS) is 16.2. The third-order valence-electron chi connectivity index (χ3n) is 5.75. The largest absolute Gasteiger partial charge is 0.454 e. The molecule has 0 fully saturated rings. The zero-order valence-corrected chi connectivity index (χ0v) is 19.3. The lowest BCUT2D eigenvalue weighted by atomic mass is 9.90. The number of fused-ring (bicyclic) bond motifs is 2. The number of halogens is 1. The second kappa shape index (κ2) is 9.41. The first-order valence-electron chi connectivity index (χ1n) is 10.8. The van der Waals surface area contributed by atoms with Crippen LogP contribution in [0.5, 0.6) is 11.5 Å². The van der Waals surface area contributed by atoms with Crippen LogP contribution in [-0.2, 0) is 17.6 Å². The number of carbonyl (C=O) groups excluding carboxylic acids is 2. The van der Waals surface area contributed by atoms with Gasteiger partial charge in [0.05, 0.1) is 11.6 Å². The van der Waals surface area contributed by atoms with Crippen LogP contribution in [-0.4, -0.2) is 30.1 Å². The molecule has 7 nitrogen and oxygen atoms in total. The summed E-state index contributed by atoms with van der Waals surface area (Å²) in [6.07, 6.45) is 3.26. The third-order valence-corrected chi connectivity index (χ3v) is 7.05. The molecule has 0 bridgehead atoms. The number of anilines is 1. The predicted molar refractivity (Wildman–Crippen MR) is 126 cm³/mol. The molecule has 2 aliphatic rings. The summed E-state index contributed by atoms with van der Waals surface area (Å²) in [6.45, 7) is 0.701. The Morgan fingerprint density at radius 3 is 2.79 bits per heavy atom. The van der Waals surface area contributed by atoms with Gasteiger partial charge < -0.3 is 14.8 Å². The Balaban J connectivity index is 1.22. The van der Waals surface area contributed by atoms with Crippen molar-refractivity contribution in [3.63, 3.8) is 0 Å². The van der Waals surface area contributed by atoms with Gasteiger partial charge in [-0.2, -0.15) is 0 Å². The van der Waals surface area contributed by atoms with Crippen molar-refractivity contribution in [1.82, 2.24) is 10.3 Å². The molecule has 33 heavy (non-hydrogen) atoms. The van der Waals surface area contributed by atoms with Crippen LogP contribution in [0.1, 0.15) is 45.3 Å². The first-order valence-corrected chi connectivity index (χ1v) is 12.0. The lowest BCUT2D eigenvalue weighted by molar-refractivity contribution is -0.122. The fourth-order valence-electron chi connectivity index (χ4n) is 4.04. The number of benzene rings is 2. The number of hydrogen-bond acceptors (Lipinski definition) is 6.